The minimum Gasteiger partial charge on any atom is -0.375 e. The Labute approximate surface area is 103 Å². The number of nitrogens with one attached hydrogen (secondary N) is 1. The molecule has 0 spiro atoms. The Morgan fingerprint density at radius 3 is 2.76 bits per heavy atom. The van der Waals surface area contributed by atoms with Crippen LogP contribution in [-0.4, -0.2) is 19.7 Å². The topological polar surface area (TPSA) is 21.3 Å². The summed E-state index contributed by atoms with van der Waals surface area (Å²) < 4.78 is 18.6. The number of ether oxygens (including phenoxy) is 1. The monoisotopic (exact) mass is 239 g/mol. The van der Waals surface area contributed by atoms with Crippen LogP contribution in [0.5, 0.6) is 0 Å². The summed E-state index contributed by atoms with van der Waals surface area (Å²) in [5.41, 5.74) is 0.624. The Morgan fingerprint density at radius 1 is 1.18 bits per heavy atom. The lowest BCUT2D eigenvalue weighted by atomic mass is 10.2. The zero-order valence-electron chi connectivity index (χ0n) is 10.5. The third-order valence-electron chi connectivity index (χ3n) is 2.60. The SMILES string of the molecule is CCCCCNCCOCc1ccccc1F. The second-order valence-electron chi connectivity index (χ2n) is 4.10. The zero-order chi connectivity index (χ0) is 12.3. The van der Waals surface area contributed by atoms with Gasteiger partial charge >= 0.3 is 0 Å². The van der Waals surface area contributed by atoms with Gasteiger partial charge in [-0.3, -0.25) is 0 Å². The van der Waals surface area contributed by atoms with E-state index in [0.29, 0.717) is 18.8 Å². The average Bonchev–Trinajstić information content (AvgIpc) is 2.35. The van der Waals surface area contributed by atoms with Gasteiger partial charge in [0.25, 0.3) is 0 Å². The summed E-state index contributed by atoms with van der Waals surface area (Å²) in [6.07, 6.45) is 3.72. The van der Waals surface area contributed by atoms with E-state index in [1.807, 2.05) is 6.07 Å². The van der Waals surface area contributed by atoms with E-state index in [4.69, 9.17) is 4.74 Å². The summed E-state index contributed by atoms with van der Waals surface area (Å²) in [5, 5.41) is 3.30. The van der Waals surface area contributed by atoms with Crippen molar-refractivity contribution in [1.82, 2.24) is 5.32 Å². The third-order valence-corrected chi connectivity index (χ3v) is 2.60. The van der Waals surface area contributed by atoms with Crippen LogP contribution in [0.15, 0.2) is 24.3 Å². The number of unbranched alkanes of at least 4 members (excludes halogenated alkanes) is 2. The molecule has 3 heteroatoms. The van der Waals surface area contributed by atoms with Crippen molar-refractivity contribution in [3.05, 3.63) is 35.6 Å². The minimum atomic E-state index is -0.191. The highest BCUT2D eigenvalue weighted by atomic mass is 19.1. The van der Waals surface area contributed by atoms with Gasteiger partial charge in [0, 0.05) is 12.1 Å². The maximum Gasteiger partial charge on any atom is 0.128 e. The third kappa shape index (κ3) is 6.39. The van der Waals surface area contributed by atoms with E-state index in [0.717, 1.165) is 13.1 Å². The van der Waals surface area contributed by atoms with Crippen LogP contribution >= 0.6 is 0 Å². The average molecular weight is 239 g/mol. The van der Waals surface area contributed by atoms with Crippen molar-refractivity contribution in [2.24, 2.45) is 0 Å². The van der Waals surface area contributed by atoms with Crippen LogP contribution in [0.3, 0.4) is 0 Å². The Morgan fingerprint density at radius 2 is 2.00 bits per heavy atom. The molecule has 0 unspecified atom stereocenters. The molecule has 0 amide bonds. The zero-order valence-corrected chi connectivity index (χ0v) is 10.5. The Hall–Kier alpha value is -0.930. The molecule has 96 valence electrons. The largest absolute Gasteiger partial charge is 0.375 e. The van der Waals surface area contributed by atoms with E-state index in [1.165, 1.54) is 25.3 Å². The van der Waals surface area contributed by atoms with Crippen molar-refractivity contribution in [3.8, 4) is 0 Å². The molecule has 0 bridgehead atoms. The number of hydrogen-bond donors (Lipinski definition) is 1. The van der Waals surface area contributed by atoms with Gasteiger partial charge < -0.3 is 10.1 Å². The smallest absolute Gasteiger partial charge is 0.128 e. The molecule has 0 aliphatic heterocycles. The van der Waals surface area contributed by atoms with Crippen molar-refractivity contribution in [1.29, 1.82) is 0 Å². The second-order valence-corrected chi connectivity index (χ2v) is 4.10. The first kappa shape index (κ1) is 14.1. The van der Waals surface area contributed by atoms with Crippen LogP contribution in [0.25, 0.3) is 0 Å². The lowest BCUT2D eigenvalue weighted by Crippen LogP contribution is -2.20. The molecule has 1 aromatic carbocycles. The standard InChI is InChI=1S/C14H22FNO/c1-2-3-6-9-16-10-11-17-12-13-7-4-5-8-14(13)15/h4-5,7-8,16H,2-3,6,9-12H2,1H3. The predicted molar refractivity (Wildman–Crippen MR) is 68.5 cm³/mol. The molecule has 1 aromatic rings. The Kier molecular flexibility index (Phi) is 7.60. The highest BCUT2D eigenvalue weighted by Gasteiger charge is 1.99. The summed E-state index contributed by atoms with van der Waals surface area (Å²) >= 11 is 0. The van der Waals surface area contributed by atoms with Gasteiger partial charge in [0.2, 0.25) is 0 Å². The first-order chi connectivity index (χ1) is 8.34. The van der Waals surface area contributed by atoms with Gasteiger partial charge in [-0.25, -0.2) is 4.39 Å². The van der Waals surface area contributed by atoms with Crippen molar-refractivity contribution in [3.63, 3.8) is 0 Å². The molecule has 0 atom stereocenters. The van der Waals surface area contributed by atoms with E-state index in [9.17, 15) is 4.39 Å². The first-order valence-electron chi connectivity index (χ1n) is 6.36. The van der Waals surface area contributed by atoms with E-state index >= 15 is 0 Å². The highest BCUT2D eigenvalue weighted by Crippen LogP contribution is 2.07. The van der Waals surface area contributed by atoms with Gasteiger partial charge in [0.1, 0.15) is 5.82 Å². The lowest BCUT2D eigenvalue weighted by Gasteiger charge is -2.06. The summed E-state index contributed by atoms with van der Waals surface area (Å²) in [5.74, 6) is -0.191. The van der Waals surface area contributed by atoms with E-state index in [-0.39, 0.29) is 5.82 Å². The van der Waals surface area contributed by atoms with Gasteiger partial charge in [-0.1, -0.05) is 38.0 Å². The minimum absolute atomic E-state index is 0.191. The molecule has 0 aliphatic rings. The summed E-state index contributed by atoms with van der Waals surface area (Å²) in [4.78, 5) is 0. The number of halogens is 1. The molecule has 1 rings (SSSR count). The second kappa shape index (κ2) is 9.14. The number of benzene rings is 1. The van der Waals surface area contributed by atoms with Crippen molar-refractivity contribution in [2.75, 3.05) is 19.7 Å². The predicted octanol–water partition coefficient (Wildman–Crippen LogP) is 3.12. The van der Waals surface area contributed by atoms with Gasteiger partial charge in [-0.2, -0.15) is 0 Å². The van der Waals surface area contributed by atoms with E-state index < -0.39 is 0 Å². The Balaban J connectivity index is 1.99. The quantitative estimate of drug-likeness (QED) is 0.668. The van der Waals surface area contributed by atoms with Crippen LogP contribution < -0.4 is 5.32 Å². The summed E-state index contributed by atoms with van der Waals surface area (Å²) in [7, 11) is 0. The first-order valence-corrected chi connectivity index (χ1v) is 6.36. The summed E-state index contributed by atoms with van der Waals surface area (Å²) in [6.45, 7) is 5.04. The van der Waals surface area contributed by atoms with Gasteiger partial charge in [-0.15, -0.1) is 0 Å². The molecular weight excluding hydrogens is 217 g/mol. The maximum atomic E-state index is 13.2. The molecule has 2 nitrogen and oxygen atoms in total. The fourth-order valence-corrected chi connectivity index (χ4v) is 1.57. The van der Waals surface area contributed by atoms with Crippen LogP contribution in [0, 0.1) is 5.82 Å². The maximum absolute atomic E-state index is 13.2. The van der Waals surface area contributed by atoms with E-state index in [2.05, 4.69) is 12.2 Å². The molecular formula is C14H22FNO. The number of hydrogen-bond acceptors (Lipinski definition) is 2. The molecule has 0 fully saturated rings. The molecule has 0 saturated carbocycles. The molecule has 0 aromatic heterocycles. The van der Waals surface area contributed by atoms with Crippen LogP contribution in [-0.2, 0) is 11.3 Å². The van der Waals surface area contributed by atoms with Crippen LogP contribution in [0.1, 0.15) is 31.7 Å². The highest BCUT2D eigenvalue weighted by molar-refractivity contribution is 5.16. The van der Waals surface area contributed by atoms with Crippen molar-refractivity contribution >= 4 is 0 Å². The molecule has 0 saturated heterocycles. The normalized spacial score (nSPS) is 10.7. The fraction of sp³-hybridized carbons (Fsp3) is 0.571. The fourth-order valence-electron chi connectivity index (χ4n) is 1.57. The van der Waals surface area contributed by atoms with E-state index in [1.54, 1.807) is 12.1 Å². The molecule has 0 radical (unpaired) electrons. The van der Waals surface area contributed by atoms with Gasteiger partial charge in [-0.05, 0) is 19.0 Å². The molecule has 17 heavy (non-hydrogen) atoms. The van der Waals surface area contributed by atoms with Crippen molar-refractivity contribution < 1.29 is 9.13 Å². The number of rotatable bonds is 9. The lowest BCUT2D eigenvalue weighted by molar-refractivity contribution is 0.120. The van der Waals surface area contributed by atoms with Crippen LogP contribution in [0.4, 0.5) is 4.39 Å². The molecule has 0 heterocycles. The molecule has 1 N–H and O–H groups in total. The van der Waals surface area contributed by atoms with Gasteiger partial charge in [0.05, 0.1) is 13.2 Å². The van der Waals surface area contributed by atoms with Gasteiger partial charge in [0.15, 0.2) is 0 Å². The van der Waals surface area contributed by atoms with Crippen molar-refractivity contribution in [2.45, 2.75) is 32.8 Å². The van der Waals surface area contributed by atoms with Crippen LogP contribution in [0.2, 0.25) is 0 Å². The summed E-state index contributed by atoms with van der Waals surface area (Å²) in [6, 6.07) is 6.73. The Bertz CT molecular complexity index is 304. The molecule has 0 aliphatic carbocycles.